The van der Waals surface area contributed by atoms with Crippen LogP contribution in [0.2, 0.25) is 0 Å². The first-order valence-electron chi connectivity index (χ1n) is 8.30. The van der Waals surface area contributed by atoms with Crippen LogP contribution in [0.1, 0.15) is 30.0 Å². The topological polar surface area (TPSA) is 55.8 Å². The van der Waals surface area contributed by atoms with Gasteiger partial charge in [-0.25, -0.2) is 4.79 Å². The Morgan fingerprint density at radius 2 is 1.96 bits per heavy atom. The number of Topliss-reactive ketones (excluding diaryl/α,β-unsaturated/α-hetero) is 1. The van der Waals surface area contributed by atoms with Gasteiger partial charge in [-0.3, -0.25) is 4.79 Å². The number of carbonyl (C=O) groups excluding carboxylic acids is 2. The van der Waals surface area contributed by atoms with Crippen molar-refractivity contribution in [1.82, 2.24) is 4.90 Å². The first kappa shape index (κ1) is 17.0. The maximum absolute atomic E-state index is 12.6. The minimum atomic E-state index is -0.399. The molecule has 5 heteroatoms. The van der Waals surface area contributed by atoms with Crippen LogP contribution < -0.4 is 4.74 Å². The van der Waals surface area contributed by atoms with Crippen molar-refractivity contribution in [3.8, 4) is 5.75 Å². The van der Waals surface area contributed by atoms with E-state index in [0.29, 0.717) is 25.1 Å². The second kappa shape index (κ2) is 7.83. The van der Waals surface area contributed by atoms with Crippen molar-refractivity contribution in [2.24, 2.45) is 0 Å². The summed E-state index contributed by atoms with van der Waals surface area (Å²) in [5.74, 6) is 0.855. The summed E-state index contributed by atoms with van der Waals surface area (Å²) in [5.41, 5.74) is 1.81. The van der Waals surface area contributed by atoms with E-state index in [9.17, 15) is 9.59 Å². The molecule has 3 rings (SSSR count). The van der Waals surface area contributed by atoms with E-state index in [2.05, 4.69) is 0 Å². The Hall–Kier alpha value is -2.82. The number of methoxy groups -OCH3 is 1. The lowest BCUT2D eigenvalue weighted by Crippen LogP contribution is -2.41. The molecule has 1 saturated heterocycles. The number of benzene rings is 2. The fraction of sp³-hybridized carbons (Fsp3) is 0.300. The third kappa shape index (κ3) is 4.18. The van der Waals surface area contributed by atoms with Gasteiger partial charge in [0.05, 0.1) is 13.2 Å². The van der Waals surface area contributed by atoms with Gasteiger partial charge >= 0.3 is 6.09 Å². The third-order valence-corrected chi connectivity index (χ3v) is 4.35. The van der Waals surface area contributed by atoms with Crippen molar-refractivity contribution in [2.45, 2.75) is 25.5 Å². The Bertz CT molecular complexity index is 744. The predicted octanol–water partition coefficient (Wildman–Crippen LogP) is 3.74. The number of rotatable bonds is 4. The lowest BCUT2D eigenvalue weighted by Gasteiger charge is -2.34. The van der Waals surface area contributed by atoms with Gasteiger partial charge in [-0.05, 0) is 23.3 Å². The molecule has 130 valence electrons. The van der Waals surface area contributed by atoms with Crippen LogP contribution in [0.15, 0.2) is 54.6 Å². The fourth-order valence-corrected chi connectivity index (χ4v) is 3.00. The van der Waals surface area contributed by atoms with E-state index in [-0.39, 0.29) is 18.4 Å². The highest BCUT2D eigenvalue weighted by atomic mass is 16.6. The van der Waals surface area contributed by atoms with E-state index in [4.69, 9.17) is 9.47 Å². The van der Waals surface area contributed by atoms with Gasteiger partial charge in [0.1, 0.15) is 18.1 Å². The van der Waals surface area contributed by atoms with E-state index < -0.39 is 6.09 Å². The molecule has 1 amide bonds. The molecular formula is C20H21NO4. The van der Waals surface area contributed by atoms with Crippen molar-refractivity contribution in [3.05, 3.63) is 65.7 Å². The van der Waals surface area contributed by atoms with E-state index in [1.165, 1.54) is 0 Å². The van der Waals surface area contributed by atoms with E-state index in [1.54, 1.807) is 12.0 Å². The summed E-state index contributed by atoms with van der Waals surface area (Å²) in [4.78, 5) is 26.2. The number of carbonyl (C=O) groups is 2. The van der Waals surface area contributed by atoms with E-state index in [0.717, 1.165) is 11.1 Å². The number of hydrogen-bond acceptors (Lipinski definition) is 4. The number of piperidine rings is 1. The SMILES string of the molecule is COc1cccc(C2CC(=O)CCN2C(=O)OCc2ccccc2)c1. The van der Waals surface area contributed by atoms with Crippen molar-refractivity contribution in [3.63, 3.8) is 0 Å². The summed E-state index contributed by atoms with van der Waals surface area (Å²) < 4.78 is 10.7. The molecule has 1 heterocycles. The first-order chi connectivity index (χ1) is 12.2. The van der Waals surface area contributed by atoms with Gasteiger partial charge in [0.2, 0.25) is 0 Å². The molecule has 5 nitrogen and oxygen atoms in total. The Morgan fingerprint density at radius 1 is 1.16 bits per heavy atom. The molecule has 0 radical (unpaired) electrons. The highest BCUT2D eigenvalue weighted by molar-refractivity contribution is 5.82. The van der Waals surface area contributed by atoms with Gasteiger partial charge in [0.15, 0.2) is 0 Å². The molecule has 2 aromatic rings. The van der Waals surface area contributed by atoms with Gasteiger partial charge in [0.25, 0.3) is 0 Å². The van der Waals surface area contributed by atoms with Gasteiger partial charge < -0.3 is 14.4 Å². The molecule has 1 atom stereocenters. The lowest BCUT2D eigenvalue weighted by atomic mass is 9.94. The van der Waals surface area contributed by atoms with E-state index in [1.807, 2.05) is 54.6 Å². The van der Waals surface area contributed by atoms with Crippen LogP contribution in [0, 0.1) is 0 Å². The Morgan fingerprint density at radius 3 is 2.72 bits per heavy atom. The van der Waals surface area contributed by atoms with Crippen molar-refractivity contribution in [1.29, 1.82) is 0 Å². The molecule has 0 saturated carbocycles. The molecule has 1 aliphatic heterocycles. The average Bonchev–Trinajstić information content (AvgIpc) is 2.67. The molecule has 0 N–H and O–H groups in total. The summed E-state index contributed by atoms with van der Waals surface area (Å²) >= 11 is 0. The molecule has 0 bridgehead atoms. The normalized spacial score (nSPS) is 17.2. The molecule has 1 unspecified atom stereocenters. The maximum atomic E-state index is 12.6. The number of ether oxygens (including phenoxy) is 2. The fourth-order valence-electron chi connectivity index (χ4n) is 3.00. The molecule has 0 aliphatic carbocycles. The zero-order chi connectivity index (χ0) is 17.6. The van der Waals surface area contributed by atoms with Gasteiger partial charge in [-0.1, -0.05) is 42.5 Å². The third-order valence-electron chi connectivity index (χ3n) is 4.35. The number of ketones is 1. The van der Waals surface area contributed by atoms with Crippen LogP contribution in [-0.4, -0.2) is 30.4 Å². The van der Waals surface area contributed by atoms with Crippen LogP contribution in [-0.2, 0) is 16.1 Å². The molecule has 25 heavy (non-hydrogen) atoms. The Kier molecular flexibility index (Phi) is 5.33. The molecule has 0 spiro atoms. The minimum absolute atomic E-state index is 0.153. The van der Waals surface area contributed by atoms with Crippen molar-refractivity contribution in [2.75, 3.05) is 13.7 Å². The lowest BCUT2D eigenvalue weighted by molar-refractivity contribution is -0.122. The Labute approximate surface area is 147 Å². The Balaban J connectivity index is 1.74. The minimum Gasteiger partial charge on any atom is -0.497 e. The van der Waals surface area contributed by atoms with Crippen LogP contribution in [0.3, 0.4) is 0 Å². The van der Waals surface area contributed by atoms with Crippen molar-refractivity contribution < 1.29 is 19.1 Å². The summed E-state index contributed by atoms with van der Waals surface area (Å²) in [7, 11) is 1.59. The van der Waals surface area contributed by atoms with Gasteiger partial charge in [-0.2, -0.15) is 0 Å². The summed E-state index contributed by atoms with van der Waals surface area (Å²) in [6.45, 7) is 0.587. The van der Waals surface area contributed by atoms with Crippen LogP contribution >= 0.6 is 0 Å². The van der Waals surface area contributed by atoms with Crippen LogP contribution in [0.5, 0.6) is 5.75 Å². The van der Waals surface area contributed by atoms with Gasteiger partial charge in [-0.15, -0.1) is 0 Å². The molecule has 0 aromatic heterocycles. The summed E-state index contributed by atoms with van der Waals surface area (Å²) in [5, 5.41) is 0. The van der Waals surface area contributed by atoms with E-state index >= 15 is 0 Å². The molecule has 2 aromatic carbocycles. The number of nitrogens with zero attached hydrogens (tertiary/aromatic N) is 1. The second-order valence-corrected chi connectivity index (χ2v) is 6.02. The first-order valence-corrected chi connectivity index (χ1v) is 8.30. The van der Waals surface area contributed by atoms with Gasteiger partial charge in [0, 0.05) is 19.4 Å². The standard InChI is InChI=1S/C20H21NO4/c1-24-18-9-5-8-16(12-18)19-13-17(22)10-11-21(19)20(23)25-14-15-6-3-2-4-7-15/h2-9,12,19H,10-11,13-14H2,1H3. The molecule has 1 fully saturated rings. The monoisotopic (exact) mass is 339 g/mol. The molecule has 1 aliphatic rings. The smallest absolute Gasteiger partial charge is 0.410 e. The van der Waals surface area contributed by atoms with Crippen LogP contribution in [0.25, 0.3) is 0 Å². The van der Waals surface area contributed by atoms with Crippen LogP contribution in [0.4, 0.5) is 4.79 Å². The maximum Gasteiger partial charge on any atom is 0.410 e. The number of hydrogen-bond donors (Lipinski definition) is 0. The predicted molar refractivity (Wildman–Crippen MR) is 93.3 cm³/mol. The molecular weight excluding hydrogens is 318 g/mol. The quantitative estimate of drug-likeness (QED) is 0.851. The zero-order valence-corrected chi connectivity index (χ0v) is 14.2. The highest BCUT2D eigenvalue weighted by Crippen LogP contribution is 2.31. The zero-order valence-electron chi connectivity index (χ0n) is 14.2. The average molecular weight is 339 g/mol. The largest absolute Gasteiger partial charge is 0.497 e. The number of amides is 1. The highest BCUT2D eigenvalue weighted by Gasteiger charge is 2.32. The summed E-state index contributed by atoms with van der Waals surface area (Å²) in [6, 6.07) is 16.7. The summed E-state index contributed by atoms with van der Waals surface area (Å²) in [6.07, 6.45) is 0.262. The number of likely N-dealkylation sites (tertiary alicyclic amines) is 1. The second-order valence-electron chi connectivity index (χ2n) is 6.02. The van der Waals surface area contributed by atoms with Crippen molar-refractivity contribution >= 4 is 11.9 Å².